The summed E-state index contributed by atoms with van der Waals surface area (Å²) < 4.78 is 26.6. The number of pyridine rings is 1. The number of rotatable bonds is 5. The number of carbonyl (C=O) groups excluding carboxylic acids is 1. The molecule has 0 unspecified atom stereocenters. The number of thiophene rings is 1. The molecule has 0 aliphatic rings. The van der Waals surface area contributed by atoms with Crippen molar-refractivity contribution in [2.75, 3.05) is 6.26 Å². The van der Waals surface area contributed by atoms with Crippen molar-refractivity contribution >= 4 is 59.5 Å². The number of carbonyl (C=O) groups is 1. The van der Waals surface area contributed by atoms with Crippen molar-refractivity contribution in [3.05, 3.63) is 89.1 Å². The van der Waals surface area contributed by atoms with E-state index < -0.39 is 9.84 Å². The minimum Gasteiger partial charge on any atom is -0.312 e. The van der Waals surface area contributed by atoms with E-state index in [0.717, 1.165) is 31.7 Å². The normalized spacial score (nSPS) is 12.4. The van der Waals surface area contributed by atoms with Gasteiger partial charge in [0.2, 0.25) is 0 Å². The molecule has 5 rings (SSSR count). The zero-order valence-electron chi connectivity index (χ0n) is 18.1. The summed E-state index contributed by atoms with van der Waals surface area (Å²) in [7, 11) is -3.35. The van der Waals surface area contributed by atoms with Gasteiger partial charge in [-0.25, -0.2) is 13.4 Å². The van der Waals surface area contributed by atoms with Crippen molar-refractivity contribution < 1.29 is 13.2 Å². The number of amides is 1. The molecule has 0 atom stereocenters. The van der Waals surface area contributed by atoms with Gasteiger partial charge in [-0.05, 0) is 41.8 Å². The van der Waals surface area contributed by atoms with Gasteiger partial charge in [0, 0.05) is 18.2 Å². The number of para-hydroxylation sites is 1. The smallest absolute Gasteiger partial charge is 0.280 e. The number of hydrogen-bond acceptors (Lipinski definition) is 6. The Kier molecular flexibility index (Phi) is 5.76. The molecule has 0 N–H and O–H groups in total. The number of sulfone groups is 1. The highest BCUT2D eigenvalue weighted by Gasteiger charge is 2.16. The zero-order valence-corrected chi connectivity index (χ0v) is 20.6. The lowest BCUT2D eigenvalue weighted by Crippen LogP contribution is -2.16. The first-order valence-corrected chi connectivity index (χ1v) is 13.9. The Morgan fingerprint density at radius 1 is 1.15 bits per heavy atom. The zero-order chi connectivity index (χ0) is 23.9. The Balaban J connectivity index is 1.71. The van der Waals surface area contributed by atoms with Crippen LogP contribution in [-0.2, 0) is 16.4 Å². The van der Waals surface area contributed by atoms with Crippen molar-refractivity contribution in [2.45, 2.75) is 11.4 Å². The number of nitrogens with zero attached hydrogens (tertiary/aromatic N) is 3. The second-order valence-corrected chi connectivity index (χ2v) is 11.6. The van der Waals surface area contributed by atoms with Gasteiger partial charge in [0.15, 0.2) is 14.6 Å². The Morgan fingerprint density at radius 3 is 2.71 bits per heavy atom. The fraction of sp³-hybridized carbons (Fsp3) is 0.0800. The van der Waals surface area contributed by atoms with Crippen LogP contribution in [0.15, 0.2) is 88.6 Å². The van der Waals surface area contributed by atoms with E-state index in [4.69, 9.17) is 4.98 Å². The maximum Gasteiger partial charge on any atom is 0.280 e. The van der Waals surface area contributed by atoms with Crippen LogP contribution in [0.3, 0.4) is 0 Å². The molecule has 0 aliphatic heterocycles. The van der Waals surface area contributed by atoms with Crippen LogP contribution in [0.5, 0.6) is 0 Å². The predicted octanol–water partition coefficient (Wildman–Crippen LogP) is 5.31. The summed E-state index contributed by atoms with van der Waals surface area (Å²) in [6, 6.07) is 18.1. The summed E-state index contributed by atoms with van der Waals surface area (Å²) in [4.78, 5) is 24.4. The van der Waals surface area contributed by atoms with Crippen LogP contribution >= 0.6 is 22.7 Å². The SMILES string of the molecule is C=CCn1c(=NC(=O)c2cc(-c3cccs3)nc3ccccc23)sc2cc(S(C)(=O)=O)ccc21. The summed E-state index contributed by atoms with van der Waals surface area (Å²) in [5.41, 5.74) is 2.71. The van der Waals surface area contributed by atoms with E-state index in [-0.39, 0.29) is 10.8 Å². The van der Waals surface area contributed by atoms with Crippen molar-refractivity contribution in [3.63, 3.8) is 0 Å². The molecule has 0 bridgehead atoms. The number of fused-ring (bicyclic) bond motifs is 2. The van der Waals surface area contributed by atoms with Crippen molar-refractivity contribution in [2.24, 2.45) is 4.99 Å². The molecule has 170 valence electrons. The molecule has 34 heavy (non-hydrogen) atoms. The third kappa shape index (κ3) is 4.13. The Morgan fingerprint density at radius 2 is 1.97 bits per heavy atom. The molecule has 0 saturated heterocycles. The molecule has 0 aliphatic carbocycles. The van der Waals surface area contributed by atoms with E-state index in [1.54, 1.807) is 41.7 Å². The van der Waals surface area contributed by atoms with Crippen molar-refractivity contribution in [1.82, 2.24) is 9.55 Å². The average molecular weight is 506 g/mol. The summed E-state index contributed by atoms with van der Waals surface area (Å²) in [6.07, 6.45) is 2.89. The Labute approximate surface area is 204 Å². The monoisotopic (exact) mass is 505 g/mol. The fourth-order valence-electron chi connectivity index (χ4n) is 3.73. The summed E-state index contributed by atoms with van der Waals surface area (Å²) in [5.74, 6) is -0.385. The molecule has 2 aromatic carbocycles. The molecule has 0 radical (unpaired) electrons. The van der Waals surface area contributed by atoms with Gasteiger partial charge in [0.1, 0.15) is 0 Å². The lowest BCUT2D eigenvalue weighted by atomic mass is 10.1. The van der Waals surface area contributed by atoms with E-state index in [9.17, 15) is 13.2 Å². The maximum absolute atomic E-state index is 13.5. The molecule has 0 fully saturated rings. The lowest BCUT2D eigenvalue weighted by molar-refractivity contribution is 0.0999. The van der Waals surface area contributed by atoms with Gasteiger partial charge in [-0.15, -0.1) is 17.9 Å². The highest BCUT2D eigenvalue weighted by molar-refractivity contribution is 7.90. The Hall–Kier alpha value is -3.40. The number of aromatic nitrogens is 2. The van der Waals surface area contributed by atoms with Gasteiger partial charge in [-0.1, -0.05) is 41.7 Å². The van der Waals surface area contributed by atoms with Crippen LogP contribution in [0.25, 0.3) is 31.7 Å². The molecule has 3 aromatic heterocycles. The molecule has 1 amide bonds. The molecular weight excluding hydrogens is 486 g/mol. The number of benzene rings is 2. The maximum atomic E-state index is 13.5. The first-order valence-electron chi connectivity index (χ1n) is 10.3. The second-order valence-electron chi connectivity index (χ2n) is 7.65. The van der Waals surface area contributed by atoms with Crippen LogP contribution in [0, 0.1) is 0 Å². The molecule has 5 aromatic rings. The molecule has 6 nitrogen and oxygen atoms in total. The van der Waals surface area contributed by atoms with E-state index in [1.165, 1.54) is 17.6 Å². The van der Waals surface area contributed by atoms with Crippen molar-refractivity contribution in [1.29, 1.82) is 0 Å². The number of thiazole rings is 1. The van der Waals surface area contributed by atoms with E-state index in [1.807, 2.05) is 46.3 Å². The van der Waals surface area contributed by atoms with Crippen LogP contribution in [0.2, 0.25) is 0 Å². The minimum absolute atomic E-state index is 0.227. The number of hydrogen-bond donors (Lipinski definition) is 0. The largest absolute Gasteiger partial charge is 0.312 e. The second kappa shape index (κ2) is 8.75. The van der Waals surface area contributed by atoms with Gasteiger partial charge in [-0.3, -0.25) is 4.79 Å². The fourth-order valence-corrected chi connectivity index (χ4v) is 6.21. The molecule has 3 heterocycles. The highest BCUT2D eigenvalue weighted by Crippen LogP contribution is 2.28. The summed E-state index contributed by atoms with van der Waals surface area (Å²) in [6.45, 7) is 4.25. The van der Waals surface area contributed by atoms with Gasteiger partial charge >= 0.3 is 0 Å². The topological polar surface area (TPSA) is 81.4 Å². The third-order valence-corrected chi connectivity index (χ3v) is 8.36. The highest BCUT2D eigenvalue weighted by atomic mass is 32.2. The van der Waals surface area contributed by atoms with Gasteiger partial charge in [-0.2, -0.15) is 4.99 Å². The number of allylic oxidation sites excluding steroid dienone is 1. The van der Waals surface area contributed by atoms with E-state index in [0.29, 0.717) is 16.9 Å². The van der Waals surface area contributed by atoms with Gasteiger partial charge < -0.3 is 4.57 Å². The Bertz CT molecular complexity index is 1740. The van der Waals surface area contributed by atoms with E-state index in [2.05, 4.69) is 11.6 Å². The summed E-state index contributed by atoms with van der Waals surface area (Å²) >= 11 is 2.83. The minimum atomic E-state index is -3.35. The predicted molar refractivity (Wildman–Crippen MR) is 138 cm³/mol. The standard InChI is InChI=1S/C25H19N3O3S3/c1-3-12-28-21-11-10-16(34(2,30)31)14-23(21)33-25(28)27-24(29)18-15-20(22-9-6-13-32-22)26-19-8-5-4-7-17(18)19/h3-11,13-15H,1,12H2,2H3. The van der Waals surface area contributed by atoms with Crippen LogP contribution < -0.4 is 4.80 Å². The quantitative estimate of drug-likeness (QED) is 0.303. The molecule has 0 spiro atoms. The van der Waals surface area contributed by atoms with Gasteiger partial charge in [0.25, 0.3) is 5.91 Å². The van der Waals surface area contributed by atoms with Crippen LogP contribution in [0.1, 0.15) is 10.4 Å². The average Bonchev–Trinajstić information content (AvgIpc) is 3.46. The third-order valence-electron chi connectivity index (χ3n) is 5.31. The van der Waals surface area contributed by atoms with Crippen LogP contribution in [-0.4, -0.2) is 30.1 Å². The first kappa shape index (κ1) is 22.4. The molecular formula is C25H19N3O3S3. The summed E-state index contributed by atoms with van der Waals surface area (Å²) in [5, 5.41) is 2.70. The van der Waals surface area contributed by atoms with Crippen molar-refractivity contribution in [3.8, 4) is 10.6 Å². The lowest BCUT2D eigenvalue weighted by Gasteiger charge is -2.06. The molecule has 9 heteroatoms. The first-order chi connectivity index (χ1) is 16.3. The van der Waals surface area contributed by atoms with Gasteiger partial charge in [0.05, 0.1) is 36.8 Å². The van der Waals surface area contributed by atoms with E-state index >= 15 is 0 Å². The molecule has 0 saturated carbocycles. The van der Waals surface area contributed by atoms with Crippen LogP contribution in [0.4, 0.5) is 0 Å².